The van der Waals surface area contributed by atoms with Crippen molar-refractivity contribution in [2.75, 3.05) is 0 Å². The molecule has 6 rings (SSSR count). The molecule has 0 saturated carbocycles. The summed E-state index contributed by atoms with van der Waals surface area (Å²) in [6, 6.07) is 5.78. The van der Waals surface area contributed by atoms with Crippen molar-refractivity contribution >= 4 is 11.3 Å². The minimum atomic E-state index is -0.289. The van der Waals surface area contributed by atoms with Gasteiger partial charge in [-0.1, -0.05) is 7.43 Å². The van der Waals surface area contributed by atoms with Crippen LogP contribution in [0.5, 0.6) is 0 Å². The Bertz CT molecular complexity index is 1220. The molecule has 6 heterocycles. The molecule has 0 bridgehead atoms. The largest absolute Gasteiger partial charge is 0.348 e. The third-order valence-electron chi connectivity index (χ3n) is 5.08. The number of thiazole rings is 1. The number of halogens is 1. The summed E-state index contributed by atoms with van der Waals surface area (Å²) in [6.07, 6.45) is 11.3. The van der Waals surface area contributed by atoms with Crippen molar-refractivity contribution in [1.29, 1.82) is 0 Å². The van der Waals surface area contributed by atoms with Crippen molar-refractivity contribution in [3.05, 3.63) is 106 Å². The molecule has 0 radical (unpaired) electrons. The third kappa shape index (κ3) is 17.0. The van der Waals surface area contributed by atoms with Crippen LogP contribution < -0.4 is 0 Å². The molecule has 0 spiro atoms. The van der Waals surface area contributed by atoms with Gasteiger partial charge in [0.25, 0.3) is 0 Å². The topological polar surface area (TPSA) is 124 Å². The zero-order valence-electron chi connectivity index (χ0n) is 24.7. The van der Waals surface area contributed by atoms with E-state index in [1.54, 1.807) is 48.0 Å². The SMILES string of the molecule is C.Cc1ccn[nH]1.Cc1ccnn1C.Cc1nc[nH]c1C.Cc1ncsc1C.Cn1cc(F)cn1.Cn1cccn1. The molecule has 2 N–H and O–H groups in total. The number of hydrogen-bond acceptors (Lipinski definition) is 7. The molecule has 0 saturated heterocycles. The van der Waals surface area contributed by atoms with Crippen LogP contribution in [0, 0.1) is 47.4 Å². The lowest BCUT2D eigenvalue weighted by atomic mass is 10.4. The number of aromatic nitrogens is 11. The molecule has 0 atom stereocenters. The first-order chi connectivity index (χ1) is 19.0. The molecule has 6 aromatic heterocycles. The maximum absolute atomic E-state index is 11.8. The Balaban J connectivity index is 0.000000467. The summed E-state index contributed by atoms with van der Waals surface area (Å²) in [6.45, 7) is 12.1. The van der Waals surface area contributed by atoms with E-state index in [1.807, 2.05) is 83.3 Å². The van der Waals surface area contributed by atoms with Crippen LogP contribution in [-0.4, -0.2) is 54.5 Å². The normalized spacial score (nSPS) is 9.02. The van der Waals surface area contributed by atoms with Gasteiger partial charge in [-0.25, -0.2) is 14.4 Å². The van der Waals surface area contributed by atoms with E-state index in [9.17, 15) is 4.39 Å². The van der Waals surface area contributed by atoms with Gasteiger partial charge in [-0.3, -0.25) is 19.1 Å². The Labute approximate surface area is 246 Å². The van der Waals surface area contributed by atoms with Crippen LogP contribution in [0.1, 0.15) is 40.8 Å². The fraction of sp³-hybridized carbons (Fsp3) is 0.357. The van der Waals surface area contributed by atoms with Gasteiger partial charge in [-0.2, -0.15) is 20.4 Å². The third-order valence-corrected chi connectivity index (χ3v) is 5.94. The molecule has 224 valence electrons. The van der Waals surface area contributed by atoms with Gasteiger partial charge in [0.05, 0.1) is 35.6 Å². The first-order valence-corrected chi connectivity index (χ1v) is 13.2. The summed E-state index contributed by atoms with van der Waals surface area (Å²) in [7, 11) is 5.48. The number of aromatic amines is 2. The van der Waals surface area contributed by atoms with E-state index in [0.717, 1.165) is 22.8 Å². The number of rotatable bonds is 0. The zero-order valence-corrected chi connectivity index (χ0v) is 25.5. The number of nitrogens with zero attached hydrogens (tertiary/aromatic N) is 9. The van der Waals surface area contributed by atoms with E-state index in [0.29, 0.717) is 0 Å². The van der Waals surface area contributed by atoms with Crippen LogP contribution >= 0.6 is 11.3 Å². The van der Waals surface area contributed by atoms with E-state index in [4.69, 9.17) is 0 Å². The minimum absolute atomic E-state index is 0. The number of nitrogens with one attached hydrogen (secondary N) is 2. The number of aryl methyl sites for hydroxylation is 9. The highest BCUT2D eigenvalue weighted by Gasteiger charge is 1.89. The maximum atomic E-state index is 11.8. The lowest BCUT2D eigenvalue weighted by Gasteiger charge is -1.87. The molecule has 13 heteroatoms. The van der Waals surface area contributed by atoms with Gasteiger partial charge in [0.1, 0.15) is 0 Å². The molecule has 0 unspecified atom stereocenters. The van der Waals surface area contributed by atoms with Crippen molar-refractivity contribution in [2.24, 2.45) is 21.1 Å². The highest BCUT2D eigenvalue weighted by molar-refractivity contribution is 7.09. The lowest BCUT2D eigenvalue weighted by molar-refractivity contribution is 0.625. The number of H-pyrrole nitrogens is 2. The molecule has 0 aromatic carbocycles. The monoisotopic (exact) mass is 585 g/mol. The summed E-state index contributed by atoms with van der Waals surface area (Å²) in [4.78, 5) is 12.3. The summed E-state index contributed by atoms with van der Waals surface area (Å²) < 4.78 is 16.8. The Morgan fingerprint density at radius 2 is 1.56 bits per heavy atom. The van der Waals surface area contributed by atoms with Crippen LogP contribution in [0.4, 0.5) is 4.39 Å². The second kappa shape index (κ2) is 20.5. The van der Waals surface area contributed by atoms with E-state index in [-0.39, 0.29) is 13.2 Å². The molecule has 0 fully saturated rings. The predicted molar refractivity (Wildman–Crippen MR) is 164 cm³/mol. The zero-order chi connectivity index (χ0) is 29.9. The Kier molecular flexibility index (Phi) is 18.3. The second-order valence-corrected chi connectivity index (χ2v) is 9.51. The van der Waals surface area contributed by atoms with Crippen molar-refractivity contribution in [3.8, 4) is 0 Å². The van der Waals surface area contributed by atoms with Crippen molar-refractivity contribution < 1.29 is 4.39 Å². The van der Waals surface area contributed by atoms with Crippen LogP contribution in [0.2, 0.25) is 0 Å². The molecule has 0 aliphatic heterocycles. The van der Waals surface area contributed by atoms with Gasteiger partial charge < -0.3 is 4.98 Å². The highest BCUT2D eigenvalue weighted by Crippen LogP contribution is 2.07. The first-order valence-electron chi connectivity index (χ1n) is 12.3. The van der Waals surface area contributed by atoms with Crippen LogP contribution in [0.15, 0.2) is 67.2 Å². The molecule has 0 aliphatic carbocycles. The van der Waals surface area contributed by atoms with Gasteiger partial charge in [0, 0.05) is 67.9 Å². The fourth-order valence-electron chi connectivity index (χ4n) is 2.29. The minimum Gasteiger partial charge on any atom is -0.348 e. The van der Waals surface area contributed by atoms with Crippen LogP contribution in [0.25, 0.3) is 0 Å². The van der Waals surface area contributed by atoms with E-state index in [2.05, 4.69) is 47.4 Å². The van der Waals surface area contributed by atoms with E-state index >= 15 is 0 Å². The lowest BCUT2D eigenvalue weighted by Crippen LogP contribution is -1.90. The van der Waals surface area contributed by atoms with E-state index in [1.165, 1.54) is 27.6 Å². The van der Waals surface area contributed by atoms with Crippen molar-refractivity contribution in [3.63, 3.8) is 0 Å². The molecular formula is C28H44FN11S. The number of imidazole rings is 1. The van der Waals surface area contributed by atoms with Crippen LogP contribution in [-0.2, 0) is 21.1 Å². The Morgan fingerprint density at radius 3 is 1.71 bits per heavy atom. The molecule has 11 nitrogen and oxygen atoms in total. The number of hydrogen-bond donors (Lipinski definition) is 2. The average Bonchev–Trinajstić information content (AvgIpc) is 3.77. The first kappa shape index (κ1) is 36.6. The van der Waals surface area contributed by atoms with Crippen molar-refractivity contribution in [2.45, 2.75) is 49.0 Å². The summed E-state index contributed by atoms with van der Waals surface area (Å²) in [5.41, 5.74) is 7.56. The molecule has 0 amide bonds. The Hall–Kier alpha value is -4.39. The van der Waals surface area contributed by atoms with Gasteiger partial charge in [-0.15, -0.1) is 11.3 Å². The van der Waals surface area contributed by atoms with Crippen LogP contribution in [0.3, 0.4) is 0 Å². The molecule has 41 heavy (non-hydrogen) atoms. The molecule has 6 aromatic rings. The van der Waals surface area contributed by atoms with Gasteiger partial charge in [0.15, 0.2) is 5.82 Å². The van der Waals surface area contributed by atoms with Gasteiger partial charge in [-0.05, 0) is 59.7 Å². The standard InChI is InChI=1S/2C5H8N2.C5H7NS.C4H5FN2.2C4H6N2.CH4/c1-5-3-4-6-7(5)2;2*1-4-5(2)7-3-6-4;1-7-3-4(5)2-6-7;1-6-4-2-3-5-6;1-4-2-3-5-6-4;/h3-4H,1-2H3;3H,1-2H3,(H,6,7);3H,1-2H3;2-3H,1H3;2-4H,1H3;2-3H,1H3,(H,5,6);1H4. The maximum Gasteiger partial charge on any atom is 0.161 e. The predicted octanol–water partition coefficient (Wildman–Crippen LogP) is 5.85. The van der Waals surface area contributed by atoms with Gasteiger partial charge >= 0.3 is 0 Å². The summed E-state index contributed by atoms with van der Waals surface area (Å²) in [5, 5.41) is 17.8. The fourth-order valence-corrected chi connectivity index (χ4v) is 2.88. The quantitative estimate of drug-likeness (QED) is 0.231. The smallest absolute Gasteiger partial charge is 0.161 e. The van der Waals surface area contributed by atoms with E-state index < -0.39 is 0 Å². The highest BCUT2D eigenvalue weighted by atomic mass is 32.1. The summed E-state index contributed by atoms with van der Waals surface area (Å²) in [5.74, 6) is -0.289. The second-order valence-electron chi connectivity index (χ2n) is 8.45. The van der Waals surface area contributed by atoms with Crippen molar-refractivity contribution in [1.82, 2.24) is 54.5 Å². The molecule has 0 aliphatic rings. The van der Waals surface area contributed by atoms with Gasteiger partial charge in [0.2, 0.25) is 0 Å². The average molecular weight is 586 g/mol. The summed E-state index contributed by atoms with van der Waals surface area (Å²) >= 11 is 1.69. The Morgan fingerprint density at radius 1 is 0.829 bits per heavy atom. The molecular weight excluding hydrogens is 541 g/mol.